The first-order valence-electron chi connectivity index (χ1n) is 6.52. The van der Waals surface area contributed by atoms with Crippen molar-refractivity contribution in [3.8, 4) is 0 Å². The van der Waals surface area contributed by atoms with Crippen molar-refractivity contribution in [1.29, 1.82) is 0 Å². The first-order chi connectivity index (χ1) is 9.95. The average Bonchev–Trinajstić information content (AvgIpc) is 2.49. The molecule has 6 N–H and O–H groups in total. The fourth-order valence-electron chi connectivity index (χ4n) is 1.77. The Kier molecular flexibility index (Phi) is 7.03. The van der Waals surface area contributed by atoms with Crippen molar-refractivity contribution >= 4 is 11.7 Å². The molecule has 1 rings (SSSR count). The smallest absolute Gasteiger partial charge is 0.217 e. The van der Waals surface area contributed by atoms with E-state index in [0.717, 1.165) is 0 Å². The quantitative estimate of drug-likeness (QED) is 0.329. The van der Waals surface area contributed by atoms with Crippen LogP contribution in [0.1, 0.15) is 6.92 Å². The molecule has 0 saturated carbocycles. The monoisotopic (exact) mass is 299 g/mol. The molecule has 0 spiro atoms. The lowest BCUT2D eigenvalue weighted by Gasteiger charge is -2.29. The summed E-state index contributed by atoms with van der Waals surface area (Å²) in [6.07, 6.45) is -2.95. The molecule has 0 radical (unpaired) electrons. The van der Waals surface area contributed by atoms with Gasteiger partial charge < -0.3 is 31.1 Å². The molecule has 0 saturated heterocycles. The molecular formula is C13H21N3O5. The molecule has 0 aliphatic heterocycles. The van der Waals surface area contributed by atoms with E-state index in [0.29, 0.717) is 5.82 Å². The number of anilines is 1. The van der Waals surface area contributed by atoms with Crippen molar-refractivity contribution in [1.82, 2.24) is 10.3 Å². The molecule has 0 aliphatic carbocycles. The van der Waals surface area contributed by atoms with E-state index >= 15 is 0 Å². The number of aromatic nitrogens is 1. The van der Waals surface area contributed by atoms with Gasteiger partial charge in [-0.15, -0.1) is 0 Å². The third-order valence-electron chi connectivity index (χ3n) is 2.90. The van der Waals surface area contributed by atoms with E-state index in [4.69, 9.17) is 5.11 Å². The molecule has 118 valence electrons. The van der Waals surface area contributed by atoms with Crippen LogP contribution in [0.4, 0.5) is 5.82 Å². The third kappa shape index (κ3) is 5.64. The number of nitrogens with one attached hydrogen (secondary N) is 2. The molecule has 1 amide bonds. The van der Waals surface area contributed by atoms with Gasteiger partial charge in [-0.25, -0.2) is 4.98 Å². The van der Waals surface area contributed by atoms with E-state index in [2.05, 4.69) is 15.6 Å². The second kappa shape index (κ2) is 8.53. The number of rotatable bonds is 8. The molecular weight excluding hydrogens is 278 g/mol. The maximum Gasteiger partial charge on any atom is 0.217 e. The van der Waals surface area contributed by atoms with Crippen molar-refractivity contribution in [3.05, 3.63) is 24.4 Å². The van der Waals surface area contributed by atoms with Crippen LogP contribution in [0.3, 0.4) is 0 Å². The maximum absolute atomic E-state index is 11.2. The summed E-state index contributed by atoms with van der Waals surface area (Å²) in [5, 5.41) is 43.3. The Morgan fingerprint density at radius 2 is 2.00 bits per heavy atom. The Labute approximate surface area is 122 Å². The highest BCUT2D eigenvalue weighted by molar-refractivity contribution is 5.73. The summed E-state index contributed by atoms with van der Waals surface area (Å²) in [5.74, 6) is 0.143. The van der Waals surface area contributed by atoms with Gasteiger partial charge in [-0.3, -0.25) is 4.79 Å². The minimum Gasteiger partial charge on any atom is -0.394 e. The molecule has 1 aromatic rings. The molecule has 1 heterocycles. The van der Waals surface area contributed by atoms with Crippen LogP contribution in [0.5, 0.6) is 0 Å². The molecule has 0 aliphatic rings. The Morgan fingerprint density at radius 1 is 1.29 bits per heavy atom. The highest BCUT2D eigenvalue weighted by Crippen LogP contribution is 2.07. The second-order valence-electron chi connectivity index (χ2n) is 4.63. The summed E-state index contributed by atoms with van der Waals surface area (Å²) < 4.78 is 0. The third-order valence-corrected chi connectivity index (χ3v) is 2.90. The van der Waals surface area contributed by atoms with Gasteiger partial charge in [0.2, 0.25) is 5.91 Å². The zero-order valence-corrected chi connectivity index (χ0v) is 11.7. The van der Waals surface area contributed by atoms with Gasteiger partial charge in [-0.1, -0.05) is 6.07 Å². The van der Waals surface area contributed by atoms with E-state index in [9.17, 15) is 20.1 Å². The van der Waals surface area contributed by atoms with Crippen molar-refractivity contribution in [2.75, 3.05) is 18.5 Å². The summed E-state index contributed by atoms with van der Waals surface area (Å²) in [6.45, 7) is 0.668. The lowest BCUT2D eigenvalue weighted by Crippen LogP contribution is -2.55. The number of hydrogen-bond acceptors (Lipinski definition) is 7. The molecule has 0 aromatic carbocycles. The minimum atomic E-state index is -1.59. The van der Waals surface area contributed by atoms with Crippen LogP contribution < -0.4 is 10.6 Å². The molecule has 4 atom stereocenters. The zero-order chi connectivity index (χ0) is 15.8. The largest absolute Gasteiger partial charge is 0.394 e. The SMILES string of the molecule is CC(=O)N[C@@H](CNc1ccccn1)[C@@H](O)[C@H](O)[C@@H](O)CO. The summed E-state index contributed by atoms with van der Waals surface area (Å²) in [4.78, 5) is 15.2. The van der Waals surface area contributed by atoms with E-state index in [1.165, 1.54) is 6.92 Å². The van der Waals surface area contributed by atoms with E-state index in [1.54, 1.807) is 24.4 Å². The first kappa shape index (κ1) is 17.3. The van der Waals surface area contributed by atoms with Crippen molar-refractivity contribution in [3.63, 3.8) is 0 Å². The number of carbonyl (C=O) groups is 1. The van der Waals surface area contributed by atoms with E-state index < -0.39 is 36.9 Å². The second-order valence-corrected chi connectivity index (χ2v) is 4.63. The van der Waals surface area contributed by atoms with Crippen LogP contribution in [0.15, 0.2) is 24.4 Å². The first-order valence-corrected chi connectivity index (χ1v) is 6.52. The fraction of sp³-hybridized carbons (Fsp3) is 0.538. The van der Waals surface area contributed by atoms with Crippen molar-refractivity contribution in [2.24, 2.45) is 0 Å². The number of aliphatic hydroxyl groups is 4. The lowest BCUT2D eigenvalue weighted by atomic mass is 10.0. The van der Waals surface area contributed by atoms with Gasteiger partial charge in [-0.2, -0.15) is 0 Å². The average molecular weight is 299 g/mol. The standard InChI is InChI=1S/C13H21N3O5/c1-8(18)16-9(12(20)13(21)10(19)7-17)6-15-11-4-2-3-5-14-11/h2-5,9-10,12-13,17,19-21H,6-7H2,1H3,(H,14,15)(H,16,18)/t9-,10-,12+,13+/m0/s1. The number of aliphatic hydroxyl groups excluding tert-OH is 4. The zero-order valence-electron chi connectivity index (χ0n) is 11.7. The normalized spacial score (nSPS) is 16.6. The topological polar surface area (TPSA) is 135 Å². The summed E-state index contributed by atoms with van der Waals surface area (Å²) in [6, 6.07) is 4.35. The van der Waals surface area contributed by atoms with Gasteiger partial charge in [0.05, 0.1) is 12.6 Å². The van der Waals surface area contributed by atoms with Crippen LogP contribution in [0.25, 0.3) is 0 Å². The maximum atomic E-state index is 11.2. The number of hydrogen-bond donors (Lipinski definition) is 6. The fourth-order valence-corrected chi connectivity index (χ4v) is 1.77. The van der Waals surface area contributed by atoms with Gasteiger partial charge in [-0.05, 0) is 12.1 Å². The predicted octanol–water partition coefficient (Wildman–Crippen LogP) is -1.93. The Morgan fingerprint density at radius 3 is 2.52 bits per heavy atom. The number of amides is 1. The van der Waals surface area contributed by atoms with Crippen LogP contribution in [0.2, 0.25) is 0 Å². The highest BCUT2D eigenvalue weighted by Gasteiger charge is 2.31. The van der Waals surface area contributed by atoms with Gasteiger partial charge in [0.15, 0.2) is 0 Å². The minimum absolute atomic E-state index is 0.0902. The summed E-state index contributed by atoms with van der Waals surface area (Å²) in [7, 11) is 0. The van der Waals surface area contributed by atoms with E-state index in [-0.39, 0.29) is 6.54 Å². The molecule has 0 fully saturated rings. The van der Waals surface area contributed by atoms with Crippen LogP contribution >= 0.6 is 0 Å². The lowest BCUT2D eigenvalue weighted by molar-refractivity contribution is -0.123. The number of pyridine rings is 1. The predicted molar refractivity (Wildman–Crippen MR) is 75.4 cm³/mol. The molecule has 21 heavy (non-hydrogen) atoms. The van der Waals surface area contributed by atoms with Crippen LogP contribution in [-0.4, -0.2) is 68.8 Å². The van der Waals surface area contributed by atoms with Crippen molar-refractivity contribution < 1.29 is 25.2 Å². The summed E-state index contributed by atoms with van der Waals surface area (Å²) in [5.41, 5.74) is 0. The van der Waals surface area contributed by atoms with Crippen molar-refractivity contribution in [2.45, 2.75) is 31.3 Å². The number of carbonyl (C=O) groups excluding carboxylic acids is 1. The van der Waals surface area contributed by atoms with Crippen LogP contribution in [-0.2, 0) is 4.79 Å². The Balaban J connectivity index is 2.68. The Hall–Kier alpha value is -1.74. The highest BCUT2D eigenvalue weighted by atomic mass is 16.4. The van der Waals surface area contributed by atoms with Gasteiger partial charge in [0, 0.05) is 19.7 Å². The molecule has 8 heteroatoms. The van der Waals surface area contributed by atoms with Gasteiger partial charge in [0.1, 0.15) is 24.1 Å². The summed E-state index contributed by atoms with van der Waals surface area (Å²) >= 11 is 0. The number of nitrogens with zero attached hydrogens (tertiary/aromatic N) is 1. The Bertz CT molecular complexity index is 431. The molecule has 0 bridgehead atoms. The van der Waals surface area contributed by atoms with E-state index in [1.807, 2.05) is 0 Å². The van der Waals surface area contributed by atoms with Gasteiger partial charge >= 0.3 is 0 Å². The molecule has 8 nitrogen and oxygen atoms in total. The molecule has 0 unspecified atom stereocenters. The van der Waals surface area contributed by atoms with Gasteiger partial charge in [0.25, 0.3) is 0 Å². The molecule has 1 aromatic heterocycles. The van der Waals surface area contributed by atoms with Crippen LogP contribution in [0, 0.1) is 0 Å².